The number of aryl methyl sites for hydroxylation is 1. The first kappa shape index (κ1) is 22.3. The van der Waals surface area contributed by atoms with E-state index in [4.69, 9.17) is 23.2 Å². The molecule has 4 aromatic rings. The molecule has 5 nitrogen and oxygen atoms in total. The molecule has 0 spiro atoms. The highest BCUT2D eigenvalue weighted by molar-refractivity contribution is 7.99. The third-order valence-corrected chi connectivity index (χ3v) is 6.45. The summed E-state index contributed by atoms with van der Waals surface area (Å²) in [6, 6.07) is 15.8. The maximum atomic E-state index is 13.4. The molecule has 0 radical (unpaired) electrons. The molecular formula is C23H16Cl2FN3O2S. The Morgan fingerprint density at radius 3 is 2.56 bits per heavy atom. The number of halogens is 3. The van der Waals surface area contributed by atoms with Crippen molar-refractivity contribution in [1.82, 2.24) is 9.55 Å². The third kappa shape index (κ3) is 4.50. The smallest absolute Gasteiger partial charge is 0.266 e. The zero-order chi connectivity index (χ0) is 22.8. The molecule has 0 aliphatic heterocycles. The van der Waals surface area contributed by atoms with Crippen LogP contribution >= 0.6 is 35.0 Å². The zero-order valence-corrected chi connectivity index (χ0v) is 19.1. The van der Waals surface area contributed by atoms with E-state index in [1.165, 1.54) is 28.8 Å². The summed E-state index contributed by atoms with van der Waals surface area (Å²) >= 11 is 13.5. The van der Waals surface area contributed by atoms with Gasteiger partial charge in [-0.15, -0.1) is 0 Å². The normalized spacial score (nSPS) is 11.0. The van der Waals surface area contributed by atoms with Crippen LogP contribution in [0.3, 0.4) is 0 Å². The van der Waals surface area contributed by atoms with Crippen molar-refractivity contribution in [3.8, 4) is 5.69 Å². The van der Waals surface area contributed by atoms with E-state index >= 15 is 0 Å². The summed E-state index contributed by atoms with van der Waals surface area (Å²) in [5.74, 6) is -0.833. The van der Waals surface area contributed by atoms with Gasteiger partial charge in [-0.25, -0.2) is 9.37 Å². The second kappa shape index (κ2) is 9.32. The Bertz CT molecular complexity index is 1390. The number of thioether (sulfide) groups is 1. The first-order valence-corrected chi connectivity index (χ1v) is 11.2. The molecule has 0 aliphatic carbocycles. The fourth-order valence-electron chi connectivity index (χ4n) is 3.10. The van der Waals surface area contributed by atoms with Crippen molar-refractivity contribution in [1.29, 1.82) is 0 Å². The van der Waals surface area contributed by atoms with Crippen LogP contribution in [0.4, 0.5) is 10.1 Å². The minimum absolute atomic E-state index is 0.0490. The van der Waals surface area contributed by atoms with Crippen LogP contribution in [0, 0.1) is 12.7 Å². The van der Waals surface area contributed by atoms with Gasteiger partial charge in [0.05, 0.1) is 38.1 Å². The summed E-state index contributed by atoms with van der Waals surface area (Å²) in [6.07, 6.45) is 0. The third-order valence-electron chi connectivity index (χ3n) is 4.71. The van der Waals surface area contributed by atoms with Crippen molar-refractivity contribution in [2.75, 3.05) is 11.1 Å². The standard InChI is InChI=1S/C23H16Cl2FN3O2S/c1-13-6-11-17(24)21(20(13)25)28-19(30)12-32-23-27-18-5-3-2-4-16(18)22(31)29(23)15-9-7-14(26)8-10-15/h2-11H,12H2,1H3,(H,28,30). The van der Waals surface area contributed by atoms with E-state index in [0.717, 1.165) is 17.3 Å². The lowest BCUT2D eigenvalue weighted by Crippen LogP contribution is -2.23. The molecule has 1 aromatic heterocycles. The number of hydrogen-bond acceptors (Lipinski definition) is 4. The number of hydrogen-bond donors (Lipinski definition) is 1. The van der Waals surface area contributed by atoms with Gasteiger partial charge in [-0.3, -0.25) is 14.2 Å². The summed E-state index contributed by atoms with van der Waals surface area (Å²) in [4.78, 5) is 30.4. The number of carbonyl (C=O) groups is 1. The predicted octanol–water partition coefficient (Wildman–Crippen LogP) is 5.87. The van der Waals surface area contributed by atoms with Crippen LogP contribution in [0.2, 0.25) is 10.0 Å². The number of anilines is 1. The van der Waals surface area contributed by atoms with E-state index < -0.39 is 5.82 Å². The number of amides is 1. The largest absolute Gasteiger partial charge is 0.323 e. The molecule has 0 atom stereocenters. The molecule has 0 aliphatic rings. The van der Waals surface area contributed by atoms with Crippen LogP contribution in [-0.4, -0.2) is 21.2 Å². The number of nitrogens with one attached hydrogen (secondary N) is 1. The molecule has 0 fully saturated rings. The molecule has 9 heteroatoms. The minimum Gasteiger partial charge on any atom is -0.323 e. The lowest BCUT2D eigenvalue weighted by Gasteiger charge is -2.14. The Labute approximate surface area is 197 Å². The molecular weight excluding hydrogens is 472 g/mol. The van der Waals surface area contributed by atoms with E-state index in [-0.39, 0.29) is 17.2 Å². The fourth-order valence-corrected chi connectivity index (χ4v) is 4.38. The second-order valence-corrected chi connectivity index (χ2v) is 8.65. The van der Waals surface area contributed by atoms with Gasteiger partial charge in [0, 0.05) is 0 Å². The average Bonchev–Trinajstić information content (AvgIpc) is 2.79. The van der Waals surface area contributed by atoms with Crippen molar-refractivity contribution in [3.05, 3.63) is 92.4 Å². The highest BCUT2D eigenvalue weighted by atomic mass is 35.5. The first-order valence-electron chi connectivity index (χ1n) is 9.50. The number of para-hydroxylation sites is 1. The lowest BCUT2D eigenvalue weighted by atomic mass is 10.2. The SMILES string of the molecule is Cc1ccc(Cl)c(NC(=O)CSc2nc3ccccc3c(=O)n2-c2ccc(F)cc2)c1Cl. The number of rotatable bonds is 5. The predicted molar refractivity (Wildman–Crippen MR) is 128 cm³/mol. The second-order valence-electron chi connectivity index (χ2n) is 6.92. The van der Waals surface area contributed by atoms with E-state index in [1.54, 1.807) is 36.4 Å². The summed E-state index contributed by atoms with van der Waals surface area (Å²) < 4.78 is 14.8. The molecule has 0 saturated carbocycles. The van der Waals surface area contributed by atoms with Gasteiger partial charge in [0.2, 0.25) is 5.91 Å². The summed E-state index contributed by atoms with van der Waals surface area (Å²) in [7, 11) is 0. The monoisotopic (exact) mass is 487 g/mol. The molecule has 0 unspecified atom stereocenters. The average molecular weight is 488 g/mol. The highest BCUT2D eigenvalue weighted by Gasteiger charge is 2.16. The Kier molecular flexibility index (Phi) is 6.50. The molecule has 162 valence electrons. The maximum absolute atomic E-state index is 13.4. The molecule has 1 N–H and O–H groups in total. The minimum atomic E-state index is -0.420. The van der Waals surface area contributed by atoms with Crippen molar-refractivity contribution < 1.29 is 9.18 Å². The lowest BCUT2D eigenvalue weighted by molar-refractivity contribution is -0.113. The molecule has 0 bridgehead atoms. The van der Waals surface area contributed by atoms with Gasteiger partial charge in [-0.1, -0.05) is 53.2 Å². The van der Waals surface area contributed by atoms with Crippen LogP contribution < -0.4 is 10.9 Å². The van der Waals surface area contributed by atoms with Gasteiger partial charge < -0.3 is 5.32 Å². The van der Waals surface area contributed by atoms with Gasteiger partial charge in [0.15, 0.2) is 5.16 Å². The van der Waals surface area contributed by atoms with Gasteiger partial charge >= 0.3 is 0 Å². The Balaban J connectivity index is 1.67. The summed E-state index contributed by atoms with van der Waals surface area (Å²) in [5, 5.41) is 4.13. The van der Waals surface area contributed by atoms with E-state index in [1.807, 2.05) is 6.92 Å². The number of carbonyl (C=O) groups excluding carboxylic acids is 1. The summed E-state index contributed by atoms with van der Waals surface area (Å²) in [6.45, 7) is 1.81. The first-order chi connectivity index (χ1) is 15.3. The summed E-state index contributed by atoms with van der Waals surface area (Å²) in [5.41, 5.74) is 1.75. The topological polar surface area (TPSA) is 64.0 Å². The van der Waals surface area contributed by atoms with Crippen LogP contribution in [0.1, 0.15) is 5.56 Å². The Morgan fingerprint density at radius 2 is 1.81 bits per heavy atom. The number of aromatic nitrogens is 2. The molecule has 3 aromatic carbocycles. The van der Waals surface area contributed by atoms with Crippen molar-refractivity contribution in [2.45, 2.75) is 12.1 Å². The van der Waals surface area contributed by atoms with E-state index in [0.29, 0.717) is 37.5 Å². The molecule has 1 amide bonds. The van der Waals surface area contributed by atoms with Crippen molar-refractivity contribution >= 4 is 57.5 Å². The number of fused-ring (bicyclic) bond motifs is 1. The number of benzene rings is 3. The fraction of sp³-hybridized carbons (Fsp3) is 0.0870. The number of nitrogens with zero attached hydrogens (tertiary/aromatic N) is 2. The maximum Gasteiger partial charge on any atom is 0.266 e. The Morgan fingerprint density at radius 1 is 1.09 bits per heavy atom. The van der Waals surface area contributed by atoms with Gasteiger partial charge in [-0.2, -0.15) is 0 Å². The van der Waals surface area contributed by atoms with Crippen molar-refractivity contribution in [2.24, 2.45) is 0 Å². The highest BCUT2D eigenvalue weighted by Crippen LogP contribution is 2.33. The van der Waals surface area contributed by atoms with Crippen LogP contribution in [-0.2, 0) is 4.79 Å². The van der Waals surface area contributed by atoms with Crippen LogP contribution in [0.15, 0.2) is 70.6 Å². The van der Waals surface area contributed by atoms with Crippen LogP contribution in [0.25, 0.3) is 16.6 Å². The zero-order valence-electron chi connectivity index (χ0n) is 16.7. The van der Waals surface area contributed by atoms with Gasteiger partial charge in [0.1, 0.15) is 5.82 Å². The van der Waals surface area contributed by atoms with Gasteiger partial charge in [0.25, 0.3) is 5.56 Å². The van der Waals surface area contributed by atoms with E-state index in [2.05, 4.69) is 10.3 Å². The van der Waals surface area contributed by atoms with E-state index in [9.17, 15) is 14.0 Å². The van der Waals surface area contributed by atoms with Gasteiger partial charge in [-0.05, 0) is 55.0 Å². The molecule has 0 saturated heterocycles. The van der Waals surface area contributed by atoms with Crippen LogP contribution in [0.5, 0.6) is 0 Å². The molecule has 32 heavy (non-hydrogen) atoms. The molecule has 4 rings (SSSR count). The van der Waals surface area contributed by atoms with Crippen molar-refractivity contribution in [3.63, 3.8) is 0 Å². The molecule has 1 heterocycles. The quantitative estimate of drug-likeness (QED) is 0.282. The Hall–Kier alpha value is -2.87.